The Morgan fingerprint density at radius 2 is 2.07 bits per heavy atom. The zero-order chi connectivity index (χ0) is 18.8. The lowest BCUT2D eigenvalue weighted by molar-refractivity contribution is 0.0938. The molecule has 1 aliphatic carbocycles. The Morgan fingerprint density at radius 3 is 2.85 bits per heavy atom. The van der Waals surface area contributed by atoms with Crippen molar-refractivity contribution in [3.63, 3.8) is 0 Å². The van der Waals surface area contributed by atoms with Crippen LogP contribution in [-0.4, -0.2) is 34.0 Å². The maximum atomic E-state index is 12.7. The topological polar surface area (TPSA) is 76.0 Å². The minimum atomic E-state index is -0.231. The highest BCUT2D eigenvalue weighted by Crippen LogP contribution is 2.23. The van der Waals surface area contributed by atoms with Crippen molar-refractivity contribution in [2.75, 3.05) is 6.54 Å². The van der Waals surface area contributed by atoms with Gasteiger partial charge in [0.1, 0.15) is 5.69 Å². The quantitative estimate of drug-likeness (QED) is 0.801. The van der Waals surface area contributed by atoms with Crippen molar-refractivity contribution in [1.82, 2.24) is 20.2 Å². The van der Waals surface area contributed by atoms with Crippen LogP contribution in [0.15, 0.2) is 24.3 Å². The molecule has 0 bridgehead atoms. The molecule has 27 heavy (non-hydrogen) atoms. The van der Waals surface area contributed by atoms with Gasteiger partial charge in [-0.1, -0.05) is 23.7 Å². The van der Waals surface area contributed by atoms with E-state index in [1.807, 2.05) is 28.8 Å². The minimum absolute atomic E-state index is 0.152. The summed E-state index contributed by atoms with van der Waals surface area (Å²) in [5.41, 5.74) is 2.37. The Balaban J connectivity index is 1.46. The fourth-order valence-corrected chi connectivity index (χ4v) is 3.68. The lowest BCUT2D eigenvalue weighted by atomic mass is 10.1. The van der Waals surface area contributed by atoms with Gasteiger partial charge in [0.05, 0.1) is 5.69 Å². The number of carbonyl (C=O) groups excluding carboxylic acids is 2. The molecule has 4 rings (SSSR count). The summed E-state index contributed by atoms with van der Waals surface area (Å²) in [6.45, 7) is 1.22. The van der Waals surface area contributed by atoms with E-state index >= 15 is 0 Å². The first-order valence-corrected chi connectivity index (χ1v) is 9.92. The molecule has 0 radical (unpaired) electrons. The molecular weight excluding hydrogens is 364 g/mol. The van der Waals surface area contributed by atoms with E-state index in [0.717, 1.165) is 49.9 Å². The molecule has 1 aliphatic heterocycles. The Morgan fingerprint density at radius 1 is 1.22 bits per heavy atom. The molecule has 2 amide bonds. The number of halogens is 1. The fourth-order valence-electron chi connectivity index (χ4n) is 3.47. The number of amides is 2. The number of carbonyl (C=O) groups is 2. The predicted octanol–water partition coefficient (Wildman–Crippen LogP) is 2.74. The highest BCUT2D eigenvalue weighted by atomic mass is 35.5. The third-order valence-electron chi connectivity index (χ3n) is 5.04. The highest BCUT2D eigenvalue weighted by molar-refractivity contribution is 6.30. The average Bonchev–Trinajstić information content (AvgIpc) is 3.38. The van der Waals surface area contributed by atoms with Crippen molar-refractivity contribution >= 4 is 23.4 Å². The highest BCUT2D eigenvalue weighted by Gasteiger charge is 2.30. The Kier molecular flexibility index (Phi) is 5.16. The van der Waals surface area contributed by atoms with Crippen LogP contribution in [0.4, 0.5) is 0 Å². The smallest absolute Gasteiger partial charge is 0.287 e. The number of aromatic nitrogens is 2. The van der Waals surface area contributed by atoms with Crippen molar-refractivity contribution in [2.45, 2.75) is 51.1 Å². The molecule has 0 atom stereocenters. The van der Waals surface area contributed by atoms with E-state index in [4.69, 9.17) is 11.6 Å². The zero-order valence-corrected chi connectivity index (χ0v) is 15.9. The number of rotatable bonds is 6. The molecule has 2 aromatic rings. The number of nitrogens with one attached hydrogen (secondary N) is 2. The second-order valence-electron chi connectivity index (χ2n) is 7.22. The van der Waals surface area contributed by atoms with Gasteiger partial charge in [0, 0.05) is 24.2 Å². The molecule has 142 valence electrons. The van der Waals surface area contributed by atoms with Crippen LogP contribution in [0.25, 0.3) is 0 Å². The van der Waals surface area contributed by atoms with Gasteiger partial charge in [0.2, 0.25) is 0 Å². The molecular formula is C20H23ClN4O2. The van der Waals surface area contributed by atoms with E-state index in [1.165, 1.54) is 0 Å². The first kappa shape index (κ1) is 18.0. The lowest BCUT2D eigenvalue weighted by Gasteiger charge is -2.17. The summed E-state index contributed by atoms with van der Waals surface area (Å²) in [5.74, 6) is -0.0384. The van der Waals surface area contributed by atoms with Gasteiger partial charge >= 0.3 is 0 Å². The molecule has 7 heteroatoms. The van der Waals surface area contributed by atoms with Crippen LogP contribution in [0, 0.1) is 0 Å². The van der Waals surface area contributed by atoms with E-state index in [0.29, 0.717) is 29.5 Å². The van der Waals surface area contributed by atoms with Crippen LogP contribution in [0.1, 0.15) is 58.0 Å². The number of hydrogen-bond donors (Lipinski definition) is 2. The van der Waals surface area contributed by atoms with Gasteiger partial charge in [-0.25, -0.2) is 4.98 Å². The van der Waals surface area contributed by atoms with Crippen molar-refractivity contribution in [2.24, 2.45) is 0 Å². The summed E-state index contributed by atoms with van der Waals surface area (Å²) in [7, 11) is 0. The van der Waals surface area contributed by atoms with Crippen LogP contribution in [0.3, 0.4) is 0 Å². The number of benzene rings is 1. The standard InChI is InChI=1S/C20H23ClN4O2/c21-14-5-3-4-13(12-14)9-10-22-20(27)18-24-17(19(26)23-15-7-8-15)16-6-1-2-11-25(16)18/h3-5,12,15H,1-2,6-11H2,(H,22,27)(H,23,26). The van der Waals surface area contributed by atoms with Crippen LogP contribution in [0.2, 0.25) is 5.02 Å². The second kappa shape index (κ2) is 7.72. The van der Waals surface area contributed by atoms with Gasteiger partial charge in [0.15, 0.2) is 5.82 Å². The average molecular weight is 387 g/mol. The zero-order valence-electron chi connectivity index (χ0n) is 15.1. The Bertz CT molecular complexity index is 873. The van der Waals surface area contributed by atoms with Gasteiger partial charge in [-0.15, -0.1) is 0 Å². The van der Waals surface area contributed by atoms with E-state index in [1.54, 1.807) is 0 Å². The first-order valence-electron chi connectivity index (χ1n) is 9.55. The maximum absolute atomic E-state index is 12.7. The van der Waals surface area contributed by atoms with Crippen LogP contribution in [-0.2, 0) is 19.4 Å². The molecule has 1 aromatic carbocycles. The summed E-state index contributed by atoms with van der Waals surface area (Å²) >= 11 is 6.00. The first-order chi connectivity index (χ1) is 13.1. The molecule has 6 nitrogen and oxygen atoms in total. The molecule has 2 heterocycles. The number of imidazole rings is 1. The summed E-state index contributed by atoms with van der Waals surface area (Å²) < 4.78 is 1.92. The molecule has 1 saturated carbocycles. The van der Waals surface area contributed by atoms with Gasteiger partial charge in [0.25, 0.3) is 11.8 Å². The van der Waals surface area contributed by atoms with Crippen LogP contribution >= 0.6 is 11.6 Å². The molecule has 1 fully saturated rings. The summed E-state index contributed by atoms with van der Waals surface area (Å²) in [5, 5.41) is 6.60. The van der Waals surface area contributed by atoms with Crippen molar-refractivity contribution in [3.8, 4) is 0 Å². The third-order valence-corrected chi connectivity index (χ3v) is 5.27. The lowest BCUT2D eigenvalue weighted by Crippen LogP contribution is -2.29. The molecule has 0 spiro atoms. The molecule has 1 aromatic heterocycles. The number of fused-ring (bicyclic) bond motifs is 1. The molecule has 2 N–H and O–H groups in total. The Labute approximate surface area is 163 Å². The Hall–Kier alpha value is -2.34. The van der Waals surface area contributed by atoms with E-state index in [9.17, 15) is 9.59 Å². The van der Waals surface area contributed by atoms with Crippen molar-refractivity contribution in [1.29, 1.82) is 0 Å². The van der Waals surface area contributed by atoms with Crippen molar-refractivity contribution < 1.29 is 9.59 Å². The van der Waals surface area contributed by atoms with Gasteiger partial charge < -0.3 is 15.2 Å². The van der Waals surface area contributed by atoms with Crippen molar-refractivity contribution in [3.05, 3.63) is 52.1 Å². The molecule has 0 unspecified atom stereocenters. The molecule has 2 aliphatic rings. The largest absolute Gasteiger partial charge is 0.349 e. The van der Waals surface area contributed by atoms with E-state index < -0.39 is 0 Å². The van der Waals surface area contributed by atoms with Gasteiger partial charge in [-0.3, -0.25) is 9.59 Å². The summed E-state index contributed by atoms with van der Waals surface area (Å²) in [4.78, 5) is 29.6. The second-order valence-corrected chi connectivity index (χ2v) is 7.66. The van der Waals surface area contributed by atoms with Gasteiger partial charge in [-0.2, -0.15) is 0 Å². The summed E-state index contributed by atoms with van der Waals surface area (Å²) in [6.07, 6.45) is 5.55. The minimum Gasteiger partial charge on any atom is -0.349 e. The van der Waals surface area contributed by atoms with Crippen LogP contribution in [0.5, 0.6) is 0 Å². The molecule has 0 saturated heterocycles. The maximum Gasteiger partial charge on any atom is 0.287 e. The number of nitrogens with zero attached hydrogens (tertiary/aromatic N) is 2. The van der Waals surface area contributed by atoms with E-state index in [2.05, 4.69) is 15.6 Å². The normalized spacial score (nSPS) is 15.9. The fraction of sp³-hybridized carbons (Fsp3) is 0.450. The predicted molar refractivity (Wildman–Crippen MR) is 103 cm³/mol. The third kappa shape index (κ3) is 4.16. The SMILES string of the molecule is O=C(NC1CC1)c1nc(C(=O)NCCc2cccc(Cl)c2)n2c1CCCC2. The monoisotopic (exact) mass is 386 g/mol. The van der Waals surface area contributed by atoms with E-state index in [-0.39, 0.29) is 17.9 Å². The van der Waals surface area contributed by atoms with Crippen LogP contribution < -0.4 is 10.6 Å². The number of hydrogen-bond acceptors (Lipinski definition) is 3. The summed E-state index contributed by atoms with van der Waals surface area (Å²) in [6, 6.07) is 7.87. The van der Waals surface area contributed by atoms with Gasteiger partial charge in [-0.05, 0) is 56.2 Å².